The predicted molar refractivity (Wildman–Crippen MR) is 67.3 cm³/mol. The van der Waals surface area contributed by atoms with Crippen LogP contribution in [0.4, 0.5) is 0 Å². The predicted octanol–water partition coefficient (Wildman–Crippen LogP) is 3.22. The van der Waals surface area contributed by atoms with Crippen LogP contribution in [0.3, 0.4) is 0 Å². The first-order valence-corrected chi connectivity index (χ1v) is 6.39. The number of methoxy groups -OCH3 is 1. The number of unbranched alkanes of at least 4 members (excludes halogenated alkanes) is 2. The van der Waals surface area contributed by atoms with Crippen molar-refractivity contribution in [2.75, 3.05) is 20.3 Å². The van der Waals surface area contributed by atoms with Crippen LogP contribution in [-0.2, 0) is 4.74 Å². The molecule has 0 aromatic carbocycles. The molecule has 0 spiro atoms. The fraction of sp³-hybridized carbons (Fsp3) is 1.00. The highest BCUT2D eigenvalue weighted by atomic mass is 16.5. The van der Waals surface area contributed by atoms with E-state index >= 15 is 0 Å². The van der Waals surface area contributed by atoms with Gasteiger partial charge in [0.2, 0.25) is 0 Å². The third-order valence-electron chi connectivity index (χ3n) is 2.70. The molecule has 0 aromatic rings. The van der Waals surface area contributed by atoms with Gasteiger partial charge in [-0.15, -0.1) is 0 Å². The molecule has 0 bridgehead atoms. The van der Waals surface area contributed by atoms with E-state index in [1.165, 1.54) is 32.1 Å². The van der Waals surface area contributed by atoms with E-state index in [4.69, 9.17) is 4.74 Å². The van der Waals surface area contributed by atoms with Crippen LogP contribution in [0.15, 0.2) is 0 Å². The summed E-state index contributed by atoms with van der Waals surface area (Å²) in [6.07, 6.45) is 6.37. The number of ether oxygens (including phenoxy) is 1. The Morgan fingerprint density at radius 3 is 2.33 bits per heavy atom. The molecular weight excluding hydrogens is 186 g/mol. The van der Waals surface area contributed by atoms with Gasteiger partial charge in [0.15, 0.2) is 0 Å². The molecule has 15 heavy (non-hydrogen) atoms. The summed E-state index contributed by atoms with van der Waals surface area (Å²) in [7, 11) is 1.77. The van der Waals surface area contributed by atoms with Crippen LogP contribution >= 0.6 is 0 Å². The van der Waals surface area contributed by atoms with Crippen LogP contribution in [0.1, 0.15) is 52.9 Å². The molecular formula is C13H29NO. The van der Waals surface area contributed by atoms with Gasteiger partial charge in [0.1, 0.15) is 0 Å². The van der Waals surface area contributed by atoms with Crippen molar-refractivity contribution in [1.82, 2.24) is 5.32 Å². The summed E-state index contributed by atoms with van der Waals surface area (Å²) in [6.45, 7) is 8.93. The molecule has 2 heteroatoms. The van der Waals surface area contributed by atoms with E-state index in [9.17, 15) is 0 Å². The monoisotopic (exact) mass is 215 g/mol. The van der Waals surface area contributed by atoms with E-state index in [2.05, 4.69) is 26.1 Å². The van der Waals surface area contributed by atoms with Gasteiger partial charge in [-0.2, -0.15) is 0 Å². The van der Waals surface area contributed by atoms with E-state index in [1.807, 2.05) is 0 Å². The van der Waals surface area contributed by atoms with Gasteiger partial charge in [-0.05, 0) is 51.5 Å². The molecule has 0 fully saturated rings. The molecule has 1 unspecified atom stereocenters. The van der Waals surface area contributed by atoms with Gasteiger partial charge in [-0.3, -0.25) is 0 Å². The maximum absolute atomic E-state index is 5.01. The van der Waals surface area contributed by atoms with Gasteiger partial charge in [-0.25, -0.2) is 0 Å². The topological polar surface area (TPSA) is 21.3 Å². The lowest BCUT2D eigenvalue weighted by molar-refractivity contribution is 0.192. The van der Waals surface area contributed by atoms with Crippen LogP contribution in [0, 0.1) is 5.92 Å². The Hall–Kier alpha value is -0.0800. The smallest absolute Gasteiger partial charge is 0.0462 e. The molecule has 0 saturated carbocycles. The summed E-state index contributed by atoms with van der Waals surface area (Å²) in [5.74, 6) is 0.830. The first-order valence-electron chi connectivity index (χ1n) is 6.39. The third-order valence-corrected chi connectivity index (χ3v) is 2.70. The third kappa shape index (κ3) is 11.8. The summed E-state index contributed by atoms with van der Waals surface area (Å²) < 4.78 is 5.01. The zero-order valence-corrected chi connectivity index (χ0v) is 11.0. The zero-order valence-electron chi connectivity index (χ0n) is 11.0. The second kappa shape index (κ2) is 10.4. The maximum Gasteiger partial charge on any atom is 0.0462 e. The lowest BCUT2D eigenvalue weighted by atomic mass is 10.0. The minimum atomic E-state index is 0.676. The first-order chi connectivity index (χ1) is 7.16. The van der Waals surface area contributed by atoms with E-state index in [-0.39, 0.29) is 0 Å². The fourth-order valence-electron chi connectivity index (χ4n) is 1.58. The van der Waals surface area contributed by atoms with Crippen LogP contribution in [0.5, 0.6) is 0 Å². The van der Waals surface area contributed by atoms with E-state index in [0.29, 0.717) is 6.04 Å². The molecule has 1 N–H and O–H groups in total. The molecule has 0 aromatic heterocycles. The largest absolute Gasteiger partial charge is 0.385 e. The molecule has 0 saturated heterocycles. The van der Waals surface area contributed by atoms with Crippen molar-refractivity contribution in [2.45, 2.75) is 58.9 Å². The second-order valence-corrected chi connectivity index (χ2v) is 4.88. The van der Waals surface area contributed by atoms with Crippen LogP contribution in [-0.4, -0.2) is 26.3 Å². The molecule has 0 amide bonds. The number of hydrogen-bond acceptors (Lipinski definition) is 2. The lowest BCUT2D eigenvalue weighted by Crippen LogP contribution is -2.27. The molecule has 1 atom stereocenters. The SMILES string of the molecule is COCCCCCNC(C)CCC(C)C. The van der Waals surface area contributed by atoms with Gasteiger partial charge in [-0.1, -0.05) is 13.8 Å². The number of rotatable bonds is 10. The van der Waals surface area contributed by atoms with Gasteiger partial charge < -0.3 is 10.1 Å². The molecule has 0 aliphatic carbocycles. The highest BCUT2D eigenvalue weighted by Crippen LogP contribution is 2.06. The zero-order chi connectivity index (χ0) is 11.5. The van der Waals surface area contributed by atoms with Crippen molar-refractivity contribution in [3.63, 3.8) is 0 Å². The second-order valence-electron chi connectivity index (χ2n) is 4.88. The maximum atomic E-state index is 5.01. The van der Waals surface area contributed by atoms with Crippen molar-refractivity contribution in [1.29, 1.82) is 0 Å². The Kier molecular flexibility index (Phi) is 10.4. The van der Waals surface area contributed by atoms with E-state index < -0.39 is 0 Å². The highest BCUT2D eigenvalue weighted by Gasteiger charge is 2.02. The average Bonchev–Trinajstić information content (AvgIpc) is 2.20. The fourth-order valence-corrected chi connectivity index (χ4v) is 1.58. The van der Waals surface area contributed by atoms with Crippen molar-refractivity contribution in [3.05, 3.63) is 0 Å². The molecule has 0 aliphatic heterocycles. The van der Waals surface area contributed by atoms with Gasteiger partial charge >= 0.3 is 0 Å². The molecule has 0 heterocycles. The quantitative estimate of drug-likeness (QED) is 0.565. The van der Waals surface area contributed by atoms with E-state index in [1.54, 1.807) is 7.11 Å². The van der Waals surface area contributed by atoms with Crippen molar-refractivity contribution >= 4 is 0 Å². The van der Waals surface area contributed by atoms with Gasteiger partial charge in [0.25, 0.3) is 0 Å². The summed E-state index contributed by atoms with van der Waals surface area (Å²) in [6, 6.07) is 0.676. The Bertz CT molecular complexity index is 126. The first kappa shape index (κ1) is 14.9. The minimum absolute atomic E-state index is 0.676. The summed E-state index contributed by atoms with van der Waals surface area (Å²) in [5.41, 5.74) is 0. The molecule has 0 radical (unpaired) electrons. The Morgan fingerprint density at radius 2 is 1.73 bits per heavy atom. The summed E-state index contributed by atoms with van der Waals surface area (Å²) in [4.78, 5) is 0. The molecule has 92 valence electrons. The Balaban J connectivity index is 3.13. The highest BCUT2D eigenvalue weighted by molar-refractivity contribution is 4.61. The molecule has 0 rings (SSSR count). The summed E-state index contributed by atoms with van der Waals surface area (Å²) >= 11 is 0. The Morgan fingerprint density at radius 1 is 1.00 bits per heavy atom. The standard InChI is InChI=1S/C13H29NO/c1-12(2)8-9-13(3)14-10-6-5-7-11-15-4/h12-14H,5-11H2,1-4H3. The van der Waals surface area contributed by atoms with Crippen LogP contribution < -0.4 is 5.32 Å². The molecule has 0 aliphatic rings. The number of nitrogens with one attached hydrogen (secondary N) is 1. The van der Waals surface area contributed by atoms with Crippen LogP contribution in [0.2, 0.25) is 0 Å². The Labute approximate surface area is 95.8 Å². The number of hydrogen-bond donors (Lipinski definition) is 1. The normalized spacial score (nSPS) is 13.4. The van der Waals surface area contributed by atoms with Crippen molar-refractivity contribution in [3.8, 4) is 0 Å². The van der Waals surface area contributed by atoms with Crippen LogP contribution in [0.25, 0.3) is 0 Å². The van der Waals surface area contributed by atoms with E-state index in [0.717, 1.165) is 19.1 Å². The van der Waals surface area contributed by atoms with Gasteiger partial charge in [0.05, 0.1) is 0 Å². The van der Waals surface area contributed by atoms with Crippen molar-refractivity contribution < 1.29 is 4.74 Å². The minimum Gasteiger partial charge on any atom is -0.385 e. The molecule has 2 nitrogen and oxygen atoms in total. The summed E-state index contributed by atoms with van der Waals surface area (Å²) in [5, 5.41) is 3.57. The average molecular weight is 215 g/mol. The van der Waals surface area contributed by atoms with Gasteiger partial charge in [0, 0.05) is 19.8 Å². The lowest BCUT2D eigenvalue weighted by Gasteiger charge is -2.14. The van der Waals surface area contributed by atoms with Crippen molar-refractivity contribution in [2.24, 2.45) is 5.92 Å².